The minimum atomic E-state index is -0.454. The minimum absolute atomic E-state index is 0.166. The predicted octanol–water partition coefficient (Wildman–Crippen LogP) is 3.09. The van der Waals surface area contributed by atoms with Gasteiger partial charge < -0.3 is 10.4 Å². The number of benzene rings is 2. The van der Waals surface area contributed by atoms with Crippen molar-refractivity contribution in [1.82, 2.24) is 0 Å². The molecule has 4 heteroatoms. The molecule has 0 radical (unpaired) electrons. The lowest BCUT2D eigenvalue weighted by Gasteiger charge is -2.07. The summed E-state index contributed by atoms with van der Waals surface area (Å²) in [6, 6.07) is 10.2. The average molecular weight is 245 g/mol. The second-order valence-electron chi connectivity index (χ2n) is 3.97. The third-order valence-electron chi connectivity index (χ3n) is 2.54. The first-order valence-corrected chi connectivity index (χ1v) is 5.43. The second-order valence-corrected chi connectivity index (χ2v) is 3.97. The van der Waals surface area contributed by atoms with E-state index in [-0.39, 0.29) is 17.2 Å². The molecule has 0 aliphatic carbocycles. The Morgan fingerprint density at radius 3 is 2.67 bits per heavy atom. The van der Waals surface area contributed by atoms with Gasteiger partial charge in [-0.2, -0.15) is 0 Å². The lowest BCUT2D eigenvalue weighted by molar-refractivity contribution is 0.102. The molecule has 92 valence electrons. The van der Waals surface area contributed by atoms with Gasteiger partial charge in [-0.3, -0.25) is 4.79 Å². The van der Waals surface area contributed by atoms with E-state index >= 15 is 0 Å². The monoisotopic (exact) mass is 245 g/mol. The summed E-state index contributed by atoms with van der Waals surface area (Å²) in [6.45, 7) is 1.73. The first kappa shape index (κ1) is 12.1. The fourth-order valence-corrected chi connectivity index (χ4v) is 1.57. The molecule has 2 aromatic rings. The fourth-order valence-electron chi connectivity index (χ4n) is 1.57. The Bertz CT molecular complexity index is 596. The van der Waals surface area contributed by atoms with Crippen LogP contribution < -0.4 is 5.32 Å². The molecule has 0 fully saturated rings. The number of carbonyl (C=O) groups excluding carboxylic acids is 1. The number of phenols is 1. The standard InChI is InChI=1S/C14H12FNO2/c1-9-7-12(5-6-13(9)17)16-14(18)10-3-2-4-11(15)8-10/h2-8,17H,1H3,(H,16,18). The van der Waals surface area contributed by atoms with Crippen molar-refractivity contribution in [3.63, 3.8) is 0 Å². The number of rotatable bonds is 2. The fraction of sp³-hybridized carbons (Fsp3) is 0.0714. The summed E-state index contributed by atoms with van der Waals surface area (Å²) in [5.74, 6) is -0.678. The van der Waals surface area contributed by atoms with E-state index in [0.717, 1.165) is 0 Å². The Hall–Kier alpha value is -2.36. The summed E-state index contributed by atoms with van der Waals surface area (Å²) in [7, 11) is 0. The van der Waals surface area contributed by atoms with E-state index in [1.165, 1.54) is 30.3 Å². The van der Waals surface area contributed by atoms with Crippen LogP contribution in [-0.2, 0) is 0 Å². The van der Waals surface area contributed by atoms with Crippen molar-refractivity contribution in [2.45, 2.75) is 6.92 Å². The van der Waals surface area contributed by atoms with E-state index in [9.17, 15) is 14.3 Å². The minimum Gasteiger partial charge on any atom is -0.508 e. The highest BCUT2D eigenvalue weighted by atomic mass is 19.1. The van der Waals surface area contributed by atoms with Crippen LogP contribution in [-0.4, -0.2) is 11.0 Å². The molecule has 0 atom stereocenters. The van der Waals surface area contributed by atoms with Gasteiger partial charge in [0.25, 0.3) is 5.91 Å². The lowest BCUT2D eigenvalue weighted by atomic mass is 10.1. The largest absolute Gasteiger partial charge is 0.508 e. The molecule has 0 spiro atoms. The van der Waals surface area contributed by atoms with E-state index in [1.807, 2.05) is 0 Å². The van der Waals surface area contributed by atoms with E-state index in [2.05, 4.69) is 5.32 Å². The van der Waals surface area contributed by atoms with Crippen LogP contribution in [0.2, 0.25) is 0 Å². The van der Waals surface area contributed by atoms with Crippen LogP contribution in [0.15, 0.2) is 42.5 Å². The summed E-state index contributed by atoms with van der Waals surface area (Å²) in [4.78, 5) is 11.8. The summed E-state index contributed by atoms with van der Waals surface area (Å²) >= 11 is 0. The van der Waals surface area contributed by atoms with Crippen molar-refractivity contribution in [2.24, 2.45) is 0 Å². The summed E-state index contributed by atoms with van der Waals surface area (Å²) in [5, 5.41) is 12.0. The van der Waals surface area contributed by atoms with Crippen molar-refractivity contribution < 1.29 is 14.3 Å². The van der Waals surface area contributed by atoms with E-state index < -0.39 is 5.82 Å². The molecule has 0 aromatic heterocycles. The number of amides is 1. The van der Waals surface area contributed by atoms with Crippen LogP contribution in [0.1, 0.15) is 15.9 Å². The van der Waals surface area contributed by atoms with Gasteiger partial charge in [0.05, 0.1) is 0 Å². The molecule has 0 aliphatic rings. The van der Waals surface area contributed by atoms with Gasteiger partial charge in [0.2, 0.25) is 0 Å². The Morgan fingerprint density at radius 2 is 2.00 bits per heavy atom. The van der Waals surface area contributed by atoms with Crippen LogP contribution >= 0.6 is 0 Å². The number of nitrogens with one attached hydrogen (secondary N) is 1. The predicted molar refractivity (Wildman–Crippen MR) is 67.2 cm³/mol. The molecule has 0 saturated heterocycles. The molecule has 3 nitrogen and oxygen atoms in total. The van der Waals surface area contributed by atoms with Crippen molar-refractivity contribution in [1.29, 1.82) is 0 Å². The molecule has 0 aliphatic heterocycles. The van der Waals surface area contributed by atoms with Crippen molar-refractivity contribution >= 4 is 11.6 Å². The number of hydrogen-bond donors (Lipinski definition) is 2. The average Bonchev–Trinajstić information content (AvgIpc) is 2.34. The first-order chi connectivity index (χ1) is 8.56. The van der Waals surface area contributed by atoms with Gasteiger partial charge in [0.1, 0.15) is 11.6 Å². The van der Waals surface area contributed by atoms with Gasteiger partial charge in [0, 0.05) is 11.3 Å². The zero-order valence-electron chi connectivity index (χ0n) is 9.77. The van der Waals surface area contributed by atoms with Crippen LogP contribution in [0.3, 0.4) is 0 Å². The molecule has 0 heterocycles. The van der Waals surface area contributed by atoms with Crippen molar-refractivity contribution in [3.8, 4) is 5.75 Å². The highest BCUT2D eigenvalue weighted by Gasteiger charge is 2.07. The van der Waals surface area contributed by atoms with Gasteiger partial charge in [-0.25, -0.2) is 4.39 Å². The summed E-state index contributed by atoms with van der Waals surface area (Å²) < 4.78 is 13.0. The van der Waals surface area contributed by atoms with Crippen LogP contribution in [0.25, 0.3) is 0 Å². The number of aryl methyl sites for hydroxylation is 1. The van der Waals surface area contributed by atoms with Gasteiger partial charge in [0.15, 0.2) is 0 Å². The number of aromatic hydroxyl groups is 1. The van der Waals surface area contributed by atoms with Gasteiger partial charge in [-0.1, -0.05) is 6.07 Å². The highest BCUT2D eigenvalue weighted by molar-refractivity contribution is 6.04. The third kappa shape index (κ3) is 2.66. The van der Waals surface area contributed by atoms with E-state index in [0.29, 0.717) is 11.3 Å². The zero-order chi connectivity index (χ0) is 13.1. The van der Waals surface area contributed by atoms with Gasteiger partial charge in [-0.05, 0) is 48.9 Å². The Kier molecular flexibility index (Phi) is 3.28. The smallest absolute Gasteiger partial charge is 0.255 e. The van der Waals surface area contributed by atoms with E-state index in [1.54, 1.807) is 19.1 Å². The summed E-state index contributed by atoms with van der Waals surface area (Å²) in [5.41, 5.74) is 1.47. The molecule has 2 rings (SSSR count). The van der Waals surface area contributed by atoms with Crippen LogP contribution in [0, 0.1) is 12.7 Å². The highest BCUT2D eigenvalue weighted by Crippen LogP contribution is 2.20. The quantitative estimate of drug-likeness (QED) is 0.799. The molecule has 0 saturated carbocycles. The Balaban J connectivity index is 2.18. The van der Waals surface area contributed by atoms with Gasteiger partial charge in [-0.15, -0.1) is 0 Å². The normalized spacial score (nSPS) is 10.1. The Labute approximate surface area is 104 Å². The first-order valence-electron chi connectivity index (χ1n) is 5.43. The molecule has 0 unspecified atom stereocenters. The molecular formula is C14H12FNO2. The lowest BCUT2D eigenvalue weighted by Crippen LogP contribution is -2.12. The molecule has 2 aromatic carbocycles. The second kappa shape index (κ2) is 4.87. The zero-order valence-corrected chi connectivity index (χ0v) is 9.77. The van der Waals surface area contributed by atoms with Crippen LogP contribution in [0.4, 0.5) is 10.1 Å². The number of anilines is 1. The maximum absolute atomic E-state index is 13.0. The summed E-state index contributed by atoms with van der Waals surface area (Å²) in [6.07, 6.45) is 0. The molecule has 0 bridgehead atoms. The third-order valence-corrected chi connectivity index (χ3v) is 2.54. The van der Waals surface area contributed by atoms with Gasteiger partial charge >= 0.3 is 0 Å². The number of phenolic OH excluding ortho intramolecular Hbond substituents is 1. The molecule has 1 amide bonds. The number of hydrogen-bond acceptors (Lipinski definition) is 2. The topological polar surface area (TPSA) is 49.3 Å². The maximum atomic E-state index is 13.0. The van der Waals surface area contributed by atoms with Crippen molar-refractivity contribution in [3.05, 3.63) is 59.4 Å². The van der Waals surface area contributed by atoms with Crippen molar-refractivity contribution in [2.75, 3.05) is 5.32 Å². The number of halogens is 1. The number of carbonyl (C=O) groups is 1. The van der Waals surface area contributed by atoms with E-state index in [4.69, 9.17) is 0 Å². The maximum Gasteiger partial charge on any atom is 0.255 e. The van der Waals surface area contributed by atoms with Crippen LogP contribution in [0.5, 0.6) is 5.75 Å². The Morgan fingerprint density at radius 1 is 1.22 bits per heavy atom. The molecular weight excluding hydrogens is 233 g/mol. The SMILES string of the molecule is Cc1cc(NC(=O)c2cccc(F)c2)ccc1O. The molecule has 2 N–H and O–H groups in total. The molecule has 18 heavy (non-hydrogen) atoms.